The van der Waals surface area contributed by atoms with Crippen molar-refractivity contribution in [2.24, 2.45) is 0 Å². The molecule has 0 fully saturated rings. The lowest BCUT2D eigenvalue weighted by Gasteiger charge is -2.25. The number of non-ortho nitro benzene ring substituents is 1. The van der Waals surface area contributed by atoms with Crippen molar-refractivity contribution >= 4 is 27.7 Å². The van der Waals surface area contributed by atoms with Gasteiger partial charge in [0.2, 0.25) is 0 Å². The zero-order valence-corrected chi connectivity index (χ0v) is 14.1. The highest BCUT2D eigenvalue weighted by molar-refractivity contribution is 9.08. The van der Waals surface area contributed by atoms with Gasteiger partial charge in [0.1, 0.15) is 5.60 Å². The van der Waals surface area contributed by atoms with Crippen molar-refractivity contribution in [1.29, 1.82) is 0 Å². The number of benzene rings is 1. The van der Waals surface area contributed by atoms with Gasteiger partial charge < -0.3 is 9.64 Å². The van der Waals surface area contributed by atoms with Gasteiger partial charge in [-0.25, -0.2) is 4.79 Å². The number of hydrogen-bond acceptors (Lipinski definition) is 4. The largest absolute Gasteiger partial charge is 0.444 e. The Morgan fingerprint density at radius 3 is 2.48 bits per heavy atom. The molecule has 1 aromatic carbocycles. The maximum atomic E-state index is 11.9. The number of amides is 1. The highest BCUT2D eigenvalue weighted by atomic mass is 79.9. The van der Waals surface area contributed by atoms with Gasteiger partial charge in [-0.2, -0.15) is 0 Å². The molecular formula is C14H19BrN2O4. The molecule has 0 aromatic heterocycles. The second-order valence-corrected chi connectivity index (χ2v) is 6.24. The molecular weight excluding hydrogens is 340 g/mol. The summed E-state index contributed by atoms with van der Waals surface area (Å²) in [4.78, 5) is 23.7. The molecule has 0 radical (unpaired) electrons. The van der Waals surface area contributed by atoms with Crippen LogP contribution in [0.4, 0.5) is 10.5 Å². The van der Waals surface area contributed by atoms with Crippen LogP contribution < -0.4 is 0 Å². The molecule has 0 aliphatic rings. The minimum Gasteiger partial charge on any atom is -0.444 e. The van der Waals surface area contributed by atoms with Crippen molar-refractivity contribution < 1.29 is 14.5 Å². The summed E-state index contributed by atoms with van der Waals surface area (Å²) in [7, 11) is 1.60. The molecule has 0 heterocycles. The van der Waals surface area contributed by atoms with Gasteiger partial charge in [-0.15, -0.1) is 0 Å². The van der Waals surface area contributed by atoms with Crippen molar-refractivity contribution in [2.45, 2.75) is 38.2 Å². The first-order valence-corrected chi connectivity index (χ1v) is 7.52. The second-order valence-electron chi connectivity index (χ2n) is 5.68. The highest BCUT2D eigenvalue weighted by Crippen LogP contribution is 2.22. The van der Waals surface area contributed by atoms with Crippen molar-refractivity contribution in [3.8, 4) is 0 Å². The van der Waals surface area contributed by atoms with E-state index in [4.69, 9.17) is 4.74 Å². The molecule has 6 nitrogen and oxygen atoms in total. The van der Waals surface area contributed by atoms with E-state index in [2.05, 4.69) is 15.9 Å². The van der Waals surface area contributed by atoms with Gasteiger partial charge >= 0.3 is 6.09 Å². The molecule has 1 aromatic rings. The lowest BCUT2D eigenvalue weighted by atomic mass is 10.1. The molecule has 1 amide bonds. The minimum absolute atomic E-state index is 0.00675. The van der Waals surface area contributed by atoms with Gasteiger partial charge in [0, 0.05) is 31.1 Å². The molecule has 0 unspecified atom stereocenters. The Labute approximate surface area is 132 Å². The maximum absolute atomic E-state index is 11.9. The van der Waals surface area contributed by atoms with E-state index in [9.17, 15) is 14.9 Å². The number of carbonyl (C=O) groups is 1. The van der Waals surface area contributed by atoms with E-state index >= 15 is 0 Å². The fourth-order valence-corrected chi connectivity index (χ4v) is 2.21. The second kappa shape index (κ2) is 6.89. The topological polar surface area (TPSA) is 72.7 Å². The smallest absolute Gasteiger partial charge is 0.410 e. The third-order valence-corrected chi connectivity index (χ3v) is 3.26. The van der Waals surface area contributed by atoms with Crippen molar-refractivity contribution in [3.63, 3.8) is 0 Å². The summed E-state index contributed by atoms with van der Waals surface area (Å²) >= 11 is 3.34. The average molecular weight is 359 g/mol. The van der Waals surface area contributed by atoms with Crippen molar-refractivity contribution in [1.82, 2.24) is 4.90 Å². The Bertz CT molecular complexity index is 540. The lowest BCUT2D eigenvalue weighted by Crippen LogP contribution is -2.34. The molecule has 0 aliphatic carbocycles. The van der Waals surface area contributed by atoms with E-state index in [1.54, 1.807) is 33.9 Å². The molecule has 0 spiro atoms. The Kier molecular flexibility index (Phi) is 5.71. The number of rotatable bonds is 4. The summed E-state index contributed by atoms with van der Waals surface area (Å²) in [5, 5.41) is 11.4. The van der Waals surface area contributed by atoms with E-state index in [0.29, 0.717) is 5.33 Å². The van der Waals surface area contributed by atoms with E-state index < -0.39 is 16.6 Å². The predicted molar refractivity (Wildman–Crippen MR) is 83.4 cm³/mol. The van der Waals surface area contributed by atoms with E-state index in [1.807, 2.05) is 0 Å². The molecule has 7 heteroatoms. The Morgan fingerprint density at radius 1 is 1.38 bits per heavy atom. The van der Waals surface area contributed by atoms with E-state index in [1.165, 1.54) is 17.0 Å². The molecule has 21 heavy (non-hydrogen) atoms. The van der Waals surface area contributed by atoms with Gasteiger partial charge in [0.15, 0.2) is 0 Å². The molecule has 0 saturated heterocycles. The minimum atomic E-state index is -0.577. The van der Waals surface area contributed by atoms with Gasteiger partial charge in [-0.1, -0.05) is 22.0 Å². The summed E-state index contributed by atoms with van der Waals surface area (Å²) < 4.78 is 5.26. The van der Waals surface area contributed by atoms with Crippen LogP contribution in [-0.4, -0.2) is 28.6 Å². The average Bonchev–Trinajstić information content (AvgIpc) is 2.36. The number of carbonyl (C=O) groups excluding carboxylic acids is 1. The standard InChI is InChI=1S/C14H19BrN2O4/c1-14(2,3)21-13(18)16(4)9-11-7-12(17(19)20)6-5-10(11)8-15/h5-7H,8-9H2,1-4H3. The number of nitro groups is 1. The Balaban J connectivity index is 2.92. The van der Waals surface area contributed by atoms with Crippen LogP contribution in [0.25, 0.3) is 0 Å². The number of nitrogens with zero attached hydrogens (tertiary/aromatic N) is 2. The quantitative estimate of drug-likeness (QED) is 0.465. The van der Waals surface area contributed by atoms with Gasteiger partial charge in [0.25, 0.3) is 5.69 Å². The molecule has 0 bridgehead atoms. The van der Waals surface area contributed by atoms with Crippen LogP contribution in [0.5, 0.6) is 0 Å². The molecule has 0 N–H and O–H groups in total. The van der Waals surface area contributed by atoms with Crippen LogP contribution in [0.1, 0.15) is 31.9 Å². The molecule has 0 saturated carbocycles. The van der Waals surface area contributed by atoms with Crippen LogP contribution in [-0.2, 0) is 16.6 Å². The van der Waals surface area contributed by atoms with Crippen LogP contribution in [0, 0.1) is 10.1 Å². The summed E-state index contributed by atoms with van der Waals surface area (Å²) in [5.74, 6) is 0. The highest BCUT2D eigenvalue weighted by Gasteiger charge is 2.21. The fourth-order valence-electron chi connectivity index (χ4n) is 1.66. The third-order valence-electron chi connectivity index (χ3n) is 2.66. The van der Waals surface area contributed by atoms with E-state index in [0.717, 1.165) is 11.1 Å². The maximum Gasteiger partial charge on any atom is 0.410 e. The number of halogens is 1. The number of ether oxygens (including phenoxy) is 1. The van der Waals surface area contributed by atoms with Gasteiger partial charge in [-0.05, 0) is 31.9 Å². The van der Waals surface area contributed by atoms with Crippen LogP contribution in [0.15, 0.2) is 18.2 Å². The summed E-state index contributed by atoms with van der Waals surface area (Å²) in [6, 6.07) is 4.62. The molecule has 116 valence electrons. The zero-order chi connectivity index (χ0) is 16.2. The Morgan fingerprint density at radius 2 is 2.00 bits per heavy atom. The summed E-state index contributed by atoms with van der Waals surface area (Å²) in [5.41, 5.74) is 1.05. The zero-order valence-electron chi connectivity index (χ0n) is 12.6. The fraction of sp³-hybridized carbons (Fsp3) is 0.500. The first-order valence-electron chi connectivity index (χ1n) is 6.40. The van der Waals surface area contributed by atoms with Crippen molar-refractivity contribution in [2.75, 3.05) is 7.05 Å². The first kappa shape index (κ1) is 17.4. The number of alkyl halides is 1. The molecule has 0 atom stereocenters. The number of nitro benzene ring substituents is 1. The number of hydrogen-bond donors (Lipinski definition) is 0. The van der Waals surface area contributed by atoms with Crippen molar-refractivity contribution in [3.05, 3.63) is 39.4 Å². The monoisotopic (exact) mass is 358 g/mol. The SMILES string of the molecule is CN(Cc1cc([N+](=O)[O-])ccc1CBr)C(=O)OC(C)(C)C. The normalized spacial score (nSPS) is 11.1. The third kappa shape index (κ3) is 5.34. The Hall–Kier alpha value is -1.63. The molecule has 0 aliphatic heterocycles. The van der Waals surface area contributed by atoms with Crippen LogP contribution in [0.2, 0.25) is 0 Å². The van der Waals surface area contributed by atoms with Crippen LogP contribution >= 0.6 is 15.9 Å². The first-order chi connectivity index (χ1) is 9.64. The van der Waals surface area contributed by atoms with Gasteiger partial charge in [-0.3, -0.25) is 10.1 Å². The molecule has 1 rings (SSSR count). The summed E-state index contributed by atoms with van der Waals surface area (Å²) in [6.07, 6.45) is -0.463. The van der Waals surface area contributed by atoms with E-state index in [-0.39, 0.29) is 12.2 Å². The van der Waals surface area contributed by atoms with Crippen LogP contribution in [0.3, 0.4) is 0 Å². The summed E-state index contributed by atoms with van der Waals surface area (Å²) in [6.45, 7) is 5.61. The predicted octanol–water partition coefficient (Wildman–Crippen LogP) is 3.86. The lowest BCUT2D eigenvalue weighted by molar-refractivity contribution is -0.384. The van der Waals surface area contributed by atoms with Gasteiger partial charge in [0.05, 0.1) is 4.92 Å².